The molecular formula is C31H36FN7O3. The number of piperidine rings is 1. The second-order valence-electron chi connectivity index (χ2n) is 11.7. The molecule has 2 saturated heterocycles. The molecule has 0 atom stereocenters. The highest BCUT2D eigenvalue weighted by molar-refractivity contribution is 6.06. The lowest BCUT2D eigenvalue weighted by Crippen LogP contribution is -2.66. The normalized spacial score (nSPS) is 17.5. The van der Waals surface area contributed by atoms with Crippen LogP contribution in [0.25, 0.3) is 22.2 Å². The first-order valence-electron chi connectivity index (χ1n) is 14.6. The molecule has 10 nitrogen and oxygen atoms in total. The van der Waals surface area contributed by atoms with Gasteiger partial charge >= 0.3 is 5.97 Å². The zero-order valence-corrected chi connectivity index (χ0v) is 24.4. The lowest BCUT2D eigenvalue weighted by atomic mass is 9.84. The number of aromatic nitrogens is 5. The van der Waals surface area contributed by atoms with Crippen molar-refractivity contribution >= 4 is 22.9 Å². The number of likely N-dealkylation sites (tertiary alicyclic amines) is 2. The van der Waals surface area contributed by atoms with Crippen molar-refractivity contribution in [3.8, 4) is 11.1 Å². The summed E-state index contributed by atoms with van der Waals surface area (Å²) in [6, 6.07) is 3.73. The first-order valence-corrected chi connectivity index (χ1v) is 14.6. The smallest absolute Gasteiger partial charge is 0.340 e. The summed E-state index contributed by atoms with van der Waals surface area (Å²) in [7, 11) is 0. The summed E-state index contributed by atoms with van der Waals surface area (Å²) in [5, 5.41) is 5.63. The Morgan fingerprint density at radius 3 is 2.62 bits per heavy atom. The average Bonchev–Trinajstić information content (AvgIpc) is 3.64. The number of aryl methyl sites for hydroxylation is 1. The summed E-state index contributed by atoms with van der Waals surface area (Å²) in [6.07, 6.45) is 11.0. The molecule has 11 heteroatoms. The number of pyridine rings is 2. The van der Waals surface area contributed by atoms with Gasteiger partial charge in [0.1, 0.15) is 5.65 Å². The van der Waals surface area contributed by atoms with Gasteiger partial charge in [-0.05, 0) is 52.2 Å². The van der Waals surface area contributed by atoms with Crippen molar-refractivity contribution in [2.45, 2.75) is 64.6 Å². The Kier molecular flexibility index (Phi) is 7.30. The number of ether oxygens (including phenoxy) is 1. The van der Waals surface area contributed by atoms with Gasteiger partial charge in [0.2, 0.25) is 0 Å². The summed E-state index contributed by atoms with van der Waals surface area (Å²) in [5.41, 5.74) is 2.89. The minimum atomic E-state index is -0.536. The van der Waals surface area contributed by atoms with Crippen molar-refractivity contribution < 1.29 is 18.7 Å². The zero-order chi connectivity index (χ0) is 29.6. The molecule has 0 unspecified atom stereocenters. The van der Waals surface area contributed by atoms with Crippen LogP contribution in [-0.2, 0) is 10.3 Å². The third-order valence-corrected chi connectivity index (χ3v) is 8.72. The number of H-pyrrole nitrogens is 1. The van der Waals surface area contributed by atoms with E-state index in [4.69, 9.17) is 9.84 Å². The number of halogens is 1. The van der Waals surface area contributed by atoms with E-state index < -0.39 is 11.8 Å². The van der Waals surface area contributed by atoms with Crippen molar-refractivity contribution in [2.75, 3.05) is 26.2 Å². The first kappa shape index (κ1) is 28.0. The van der Waals surface area contributed by atoms with E-state index in [1.165, 1.54) is 12.3 Å². The fraction of sp³-hybridized carbons (Fsp3) is 0.452. The summed E-state index contributed by atoms with van der Waals surface area (Å²) in [4.78, 5) is 41.7. The monoisotopic (exact) mass is 573 g/mol. The molecule has 0 spiro atoms. The topological polar surface area (TPSA) is 109 Å². The van der Waals surface area contributed by atoms with E-state index in [-0.39, 0.29) is 28.8 Å². The van der Waals surface area contributed by atoms with E-state index in [9.17, 15) is 14.0 Å². The fourth-order valence-corrected chi connectivity index (χ4v) is 6.28. The van der Waals surface area contributed by atoms with Gasteiger partial charge in [-0.15, -0.1) is 0 Å². The highest BCUT2D eigenvalue weighted by Gasteiger charge is 2.47. The molecule has 220 valence electrons. The third kappa shape index (κ3) is 4.85. The maximum atomic E-state index is 14.5. The lowest BCUT2D eigenvalue weighted by Gasteiger charge is -2.54. The SMILES string of the molecule is CCC1(n2cc(-c3c(C(=O)OC(C)C)cnc4[nH]ccc34)cn2)CN(C2CCN(C(=O)c3ccnc(C)c3F)CC2)C1. The van der Waals surface area contributed by atoms with Crippen LogP contribution in [0.5, 0.6) is 0 Å². The van der Waals surface area contributed by atoms with Gasteiger partial charge in [-0.2, -0.15) is 5.10 Å². The molecular weight excluding hydrogens is 537 g/mol. The standard InChI is InChI=1S/C31H36FN7O3/c1-5-31(17-38(18-31)22-8-12-37(13-9-22)29(40)24-7-10-33-20(4)27(24)32)39-16-21(14-36-39)26-23-6-11-34-28(23)35-15-25(26)30(41)42-19(2)3/h6-7,10-11,14-16,19,22H,5,8-9,12-13,17-18H2,1-4H3,(H,34,35). The fourth-order valence-electron chi connectivity index (χ4n) is 6.28. The minimum Gasteiger partial charge on any atom is -0.459 e. The molecule has 1 N–H and O–H groups in total. The molecule has 6 heterocycles. The summed E-state index contributed by atoms with van der Waals surface area (Å²) >= 11 is 0. The molecule has 2 fully saturated rings. The molecule has 4 aromatic heterocycles. The Bertz CT molecular complexity index is 1630. The average molecular weight is 574 g/mol. The van der Waals surface area contributed by atoms with E-state index in [0.717, 1.165) is 48.9 Å². The van der Waals surface area contributed by atoms with Gasteiger partial charge in [-0.1, -0.05) is 6.92 Å². The number of amides is 1. The number of fused-ring (bicyclic) bond motifs is 1. The van der Waals surface area contributed by atoms with E-state index >= 15 is 0 Å². The number of nitrogens with zero attached hydrogens (tertiary/aromatic N) is 6. The molecule has 0 aliphatic carbocycles. The molecule has 2 aliphatic rings. The van der Waals surface area contributed by atoms with E-state index in [0.29, 0.717) is 30.3 Å². The Labute approximate surface area is 243 Å². The second-order valence-corrected chi connectivity index (χ2v) is 11.7. The van der Waals surface area contributed by atoms with Crippen LogP contribution >= 0.6 is 0 Å². The van der Waals surface area contributed by atoms with E-state index in [1.54, 1.807) is 18.0 Å². The quantitative estimate of drug-likeness (QED) is 0.323. The molecule has 0 aromatic carbocycles. The minimum absolute atomic E-state index is 0.0936. The van der Waals surface area contributed by atoms with Crippen LogP contribution in [0.4, 0.5) is 4.39 Å². The molecule has 42 heavy (non-hydrogen) atoms. The summed E-state index contributed by atoms with van der Waals surface area (Å²) in [6.45, 7) is 10.3. The number of nitrogens with one attached hydrogen (secondary N) is 1. The highest BCUT2D eigenvalue weighted by atomic mass is 19.1. The second kappa shape index (κ2) is 10.9. The first-order chi connectivity index (χ1) is 20.2. The van der Waals surface area contributed by atoms with Crippen molar-refractivity contribution in [2.24, 2.45) is 0 Å². The van der Waals surface area contributed by atoms with Gasteiger partial charge in [0.15, 0.2) is 5.82 Å². The van der Waals surface area contributed by atoms with Gasteiger partial charge in [0.05, 0.1) is 34.7 Å². The predicted octanol–water partition coefficient (Wildman–Crippen LogP) is 4.56. The van der Waals surface area contributed by atoms with Crippen LogP contribution in [0, 0.1) is 12.7 Å². The van der Waals surface area contributed by atoms with Gasteiger partial charge in [-0.25, -0.2) is 14.2 Å². The van der Waals surface area contributed by atoms with Crippen molar-refractivity contribution in [3.05, 3.63) is 65.8 Å². The number of aromatic amines is 1. The highest BCUT2D eigenvalue weighted by Crippen LogP contribution is 2.38. The largest absolute Gasteiger partial charge is 0.459 e. The van der Waals surface area contributed by atoms with Crippen molar-refractivity contribution in [1.82, 2.24) is 34.5 Å². The molecule has 1 amide bonds. The Morgan fingerprint density at radius 2 is 1.90 bits per heavy atom. The van der Waals surface area contributed by atoms with Gasteiger partial charge in [-0.3, -0.25) is 19.4 Å². The molecule has 0 bridgehead atoms. The van der Waals surface area contributed by atoms with Gasteiger partial charge < -0.3 is 14.6 Å². The van der Waals surface area contributed by atoms with Crippen LogP contribution in [0.1, 0.15) is 66.4 Å². The number of esters is 1. The lowest BCUT2D eigenvalue weighted by molar-refractivity contribution is -0.0458. The van der Waals surface area contributed by atoms with Crippen LogP contribution in [0.3, 0.4) is 0 Å². The maximum Gasteiger partial charge on any atom is 0.340 e. The summed E-state index contributed by atoms with van der Waals surface area (Å²) in [5.74, 6) is -1.21. The predicted molar refractivity (Wildman–Crippen MR) is 156 cm³/mol. The molecule has 0 saturated carbocycles. The molecule has 4 aromatic rings. The van der Waals surface area contributed by atoms with E-state index in [2.05, 4.69) is 26.8 Å². The number of carbonyl (C=O) groups is 2. The number of rotatable bonds is 7. The maximum absolute atomic E-state index is 14.5. The molecule has 0 radical (unpaired) electrons. The number of hydrogen-bond acceptors (Lipinski definition) is 7. The van der Waals surface area contributed by atoms with Crippen LogP contribution in [-0.4, -0.2) is 84.7 Å². The number of hydrogen-bond donors (Lipinski definition) is 1. The van der Waals surface area contributed by atoms with Crippen LogP contribution in [0.2, 0.25) is 0 Å². The van der Waals surface area contributed by atoms with Crippen LogP contribution in [0.15, 0.2) is 43.1 Å². The zero-order valence-electron chi connectivity index (χ0n) is 24.4. The van der Waals surface area contributed by atoms with Crippen molar-refractivity contribution in [3.63, 3.8) is 0 Å². The molecule has 2 aliphatic heterocycles. The Balaban J connectivity index is 1.16. The Hall–Kier alpha value is -4.12. The van der Waals surface area contributed by atoms with Gasteiger partial charge in [0.25, 0.3) is 5.91 Å². The van der Waals surface area contributed by atoms with Gasteiger partial charge in [0, 0.05) is 73.5 Å². The summed E-state index contributed by atoms with van der Waals surface area (Å²) < 4.78 is 22.1. The third-order valence-electron chi connectivity index (χ3n) is 8.72. The van der Waals surface area contributed by atoms with E-state index in [1.807, 2.05) is 43.2 Å². The Morgan fingerprint density at radius 1 is 1.14 bits per heavy atom. The molecule has 6 rings (SSSR count). The number of carbonyl (C=O) groups excluding carboxylic acids is 2. The van der Waals surface area contributed by atoms with Crippen LogP contribution < -0.4 is 0 Å². The van der Waals surface area contributed by atoms with Crippen molar-refractivity contribution in [1.29, 1.82) is 0 Å².